The maximum absolute atomic E-state index is 12.1. The largest absolute Gasteiger partial charge is 0.292 e. The van der Waals surface area contributed by atoms with Gasteiger partial charge in [0.05, 0.1) is 6.21 Å². The molecule has 5 nitrogen and oxygen atoms in total. The highest BCUT2D eigenvalue weighted by Gasteiger charge is 2.04. The van der Waals surface area contributed by atoms with Gasteiger partial charge in [-0.05, 0) is 37.1 Å². The summed E-state index contributed by atoms with van der Waals surface area (Å²) in [6.07, 6.45) is 3.25. The topological polar surface area (TPSA) is 70.9 Å². The lowest BCUT2D eigenvalue weighted by atomic mass is 10.1. The van der Waals surface area contributed by atoms with E-state index in [-0.39, 0.29) is 18.2 Å². The second-order valence-electron chi connectivity index (χ2n) is 6.99. The maximum atomic E-state index is 12.1. The van der Waals surface area contributed by atoms with Gasteiger partial charge >= 0.3 is 0 Å². The van der Waals surface area contributed by atoms with Crippen LogP contribution in [0.5, 0.6) is 0 Å². The SMILES string of the molecule is Cc1ccc(C(=O)CN=Cc2ccc(/C=N\NC(=O)c3ccc(C)cc3)cc2)cc1. The van der Waals surface area contributed by atoms with Gasteiger partial charge in [-0.15, -0.1) is 0 Å². The van der Waals surface area contributed by atoms with E-state index in [0.717, 1.165) is 22.3 Å². The number of hydrogen-bond acceptors (Lipinski definition) is 4. The summed E-state index contributed by atoms with van der Waals surface area (Å²) in [6.45, 7) is 4.06. The first-order valence-electron chi connectivity index (χ1n) is 9.61. The Bertz CT molecular complexity index is 976. The van der Waals surface area contributed by atoms with Gasteiger partial charge in [-0.3, -0.25) is 14.6 Å². The van der Waals surface area contributed by atoms with E-state index in [0.29, 0.717) is 11.1 Å². The normalized spacial score (nSPS) is 11.1. The first-order valence-corrected chi connectivity index (χ1v) is 9.61. The molecule has 1 amide bonds. The number of carbonyl (C=O) groups excluding carboxylic acids is 2. The number of carbonyl (C=O) groups is 2. The molecule has 0 radical (unpaired) electrons. The highest BCUT2D eigenvalue weighted by molar-refractivity contribution is 5.99. The van der Waals surface area contributed by atoms with Gasteiger partial charge in [-0.25, -0.2) is 5.43 Å². The smallest absolute Gasteiger partial charge is 0.271 e. The minimum atomic E-state index is -0.256. The molecule has 0 unspecified atom stereocenters. The van der Waals surface area contributed by atoms with Gasteiger partial charge in [0, 0.05) is 17.3 Å². The molecule has 0 aromatic heterocycles. The number of hydrazone groups is 1. The molecule has 0 saturated carbocycles. The zero-order valence-electron chi connectivity index (χ0n) is 17.0. The van der Waals surface area contributed by atoms with Crippen molar-refractivity contribution >= 4 is 24.1 Å². The summed E-state index contributed by atoms with van der Waals surface area (Å²) < 4.78 is 0. The summed E-state index contributed by atoms with van der Waals surface area (Å²) in [7, 11) is 0. The van der Waals surface area contributed by atoms with Gasteiger partial charge in [-0.1, -0.05) is 71.8 Å². The number of rotatable bonds is 7. The van der Waals surface area contributed by atoms with Crippen LogP contribution in [-0.4, -0.2) is 30.7 Å². The molecule has 0 spiro atoms. The van der Waals surface area contributed by atoms with Gasteiger partial charge in [-0.2, -0.15) is 5.10 Å². The van der Waals surface area contributed by atoms with Crippen LogP contribution in [0.1, 0.15) is 43.0 Å². The van der Waals surface area contributed by atoms with E-state index in [1.807, 2.05) is 74.5 Å². The number of Topliss-reactive ketones (excluding diaryl/α,β-unsaturated/α-hetero) is 1. The van der Waals surface area contributed by atoms with Crippen LogP contribution >= 0.6 is 0 Å². The first-order chi connectivity index (χ1) is 14.5. The lowest BCUT2D eigenvalue weighted by Gasteiger charge is -2.00. The van der Waals surface area contributed by atoms with Crippen molar-refractivity contribution in [2.24, 2.45) is 10.1 Å². The Morgan fingerprint density at radius 2 is 1.23 bits per heavy atom. The summed E-state index contributed by atoms with van der Waals surface area (Å²) in [4.78, 5) is 28.4. The Morgan fingerprint density at radius 3 is 1.80 bits per heavy atom. The lowest BCUT2D eigenvalue weighted by Crippen LogP contribution is -2.17. The van der Waals surface area contributed by atoms with Gasteiger partial charge in [0.15, 0.2) is 5.78 Å². The molecule has 5 heteroatoms. The Hall–Kier alpha value is -3.86. The molecule has 150 valence electrons. The van der Waals surface area contributed by atoms with Crippen LogP contribution in [0.2, 0.25) is 0 Å². The third-order valence-corrected chi connectivity index (χ3v) is 4.48. The summed E-state index contributed by atoms with van der Waals surface area (Å²) in [6, 6.07) is 22.2. The Balaban J connectivity index is 1.50. The second-order valence-corrected chi connectivity index (χ2v) is 6.99. The van der Waals surface area contributed by atoms with E-state index in [4.69, 9.17) is 0 Å². The first kappa shape index (κ1) is 20.9. The number of ketones is 1. The Labute approximate surface area is 176 Å². The van der Waals surface area contributed by atoms with Crippen molar-refractivity contribution < 1.29 is 9.59 Å². The van der Waals surface area contributed by atoms with E-state index in [2.05, 4.69) is 15.5 Å². The van der Waals surface area contributed by atoms with Crippen LogP contribution < -0.4 is 5.43 Å². The third-order valence-electron chi connectivity index (χ3n) is 4.48. The van der Waals surface area contributed by atoms with Crippen molar-refractivity contribution in [2.45, 2.75) is 13.8 Å². The fraction of sp³-hybridized carbons (Fsp3) is 0.120. The second kappa shape index (κ2) is 10.1. The summed E-state index contributed by atoms with van der Waals surface area (Å²) in [5.74, 6) is -0.271. The van der Waals surface area contributed by atoms with E-state index in [9.17, 15) is 9.59 Å². The van der Waals surface area contributed by atoms with Gasteiger partial charge in [0.1, 0.15) is 6.54 Å². The standard InChI is InChI=1S/C25H23N3O2/c1-18-3-11-22(12-4-18)24(29)17-26-15-20-7-9-21(10-8-20)16-27-28-25(30)23-13-5-19(2)6-14-23/h3-16H,17H2,1-2H3,(H,28,30)/b26-15?,27-16-. The third kappa shape index (κ3) is 6.07. The van der Waals surface area contributed by atoms with Gasteiger partial charge < -0.3 is 0 Å². The molecule has 0 bridgehead atoms. The van der Waals surface area contributed by atoms with Crippen molar-refractivity contribution in [1.82, 2.24) is 5.43 Å². The number of aryl methyl sites for hydroxylation is 2. The summed E-state index contributed by atoms with van der Waals surface area (Å²) in [5.41, 5.74) is 7.67. The Morgan fingerprint density at radius 1 is 0.733 bits per heavy atom. The van der Waals surface area contributed by atoms with E-state index >= 15 is 0 Å². The van der Waals surface area contributed by atoms with Crippen molar-refractivity contribution in [3.8, 4) is 0 Å². The molecule has 3 aromatic carbocycles. The maximum Gasteiger partial charge on any atom is 0.271 e. The van der Waals surface area contributed by atoms with Crippen molar-refractivity contribution in [3.05, 3.63) is 106 Å². The summed E-state index contributed by atoms with van der Waals surface area (Å²) >= 11 is 0. The molecule has 0 aliphatic rings. The van der Waals surface area contributed by atoms with Crippen LogP contribution in [0.3, 0.4) is 0 Å². The molecule has 1 N–H and O–H groups in total. The van der Waals surface area contributed by atoms with E-state index in [1.165, 1.54) is 0 Å². The van der Waals surface area contributed by atoms with Crippen molar-refractivity contribution in [3.63, 3.8) is 0 Å². The monoisotopic (exact) mass is 397 g/mol. The van der Waals surface area contributed by atoms with Gasteiger partial charge in [0.2, 0.25) is 0 Å². The average molecular weight is 397 g/mol. The predicted molar refractivity (Wildman–Crippen MR) is 121 cm³/mol. The van der Waals surface area contributed by atoms with Crippen LogP contribution in [0, 0.1) is 13.8 Å². The van der Waals surface area contributed by atoms with Crippen molar-refractivity contribution in [1.29, 1.82) is 0 Å². The fourth-order valence-electron chi connectivity index (χ4n) is 2.67. The van der Waals surface area contributed by atoms with E-state index in [1.54, 1.807) is 24.6 Å². The van der Waals surface area contributed by atoms with E-state index < -0.39 is 0 Å². The number of nitrogens with zero attached hydrogens (tertiary/aromatic N) is 2. The van der Waals surface area contributed by atoms with Crippen LogP contribution in [0.15, 0.2) is 82.9 Å². The van der Waals surface area contributed by atoms with Crippen LogP contribution in [0.4, 0.5) is 0 Å². The van der Waals surface area contributed by atoms with Crippen molar-refractivity contribution in [2.75, 3.05) is 6.54 Å². The molecule has 0 atom stereocenters. The lowest BCUT2D eigenvalue weighted by molar-refractivity contribution is 0.0954. The highest BCUT2D eigenvalue weighted by Crippen LogP contribution is 2.05. The van der Waals surface area contributed by atoms with Gasteiger partial charge in [0.25, 0.3) is 5.91 Å². The highest BCUT2D eigenvalue weighted by atomic mass is 16.2. The number of aliphatic imine (C=N–C) groups is 1. The fourth-order valence-corrected chi connectivity index (χ4v) is 2.67. The average Bonchev–Trinajstić information content (AvgIpc) is 2.75. The zero-order chi connectivity index (χ0) is 21.3. The molecule has 0 aliphatic heterocycles. The molecular weight excluding hydrogens is 374 g/mol. The molecule has 0 heterocycles. The summed E-state index contributed by atoms with van der Waals surface area (Å²) in [5, 5.41) is 3.99. The van der Waals surface area contributed by atoms with Crippen LogP contribution in [-0.2, 0) is 0 Å². The predicted octanol–water partition coefficient (Wildman–Crippen LogP) is 4.37. The quantitative estimate of drug-likeness (QED) is 0.365. The Kier molecular flexibility index (Phi) is 7.00. The number of hydrogen-bond donors (Lipinski definition) is 1. The number of benzene rings is 3. The number of amides is 1. The molecule has 0 saturated heterocycles. The zero-order valence-corrected chi connectivity index (χ0v) is 17.0. The van der Waals surface area contributed by atoms with Crippen LogP contribution in [0.25, 0.3) is 0 Å². The molecule has 3 aromatic rings. The molecule has 3 rings (SSSR count). The minimum Gasteiger partial charge on any atom is -0.292 e. The molecular formula is C25H23N3O2. The molecule has 0 aliphatic carbocycles. The number of nitrogens with one attached hydrogen (secondary N) is 1. The minimum absolute atomic E-state index is 0.0145. The molecule has 30 heavy (non-hydrogen) atoms. The molecule has 0 fully saturated rings.